The lowest BCUT2D eigenvalue weighted by Crippen LogP contribution is -2.55. The highest BCUT2D eigenvalue weighted by Crippen LogP contribution is 2.31. The quantitative estimate of drug-likeness (QED) is 0.773. The Morgan fingerprint density at radius 3 is 2.62 bits per heavy atom. The molecular formula is C24H29FN2O2. The monoisotopic (exact) mass is 396 g/mol. The molecule has 0 bridgehead atoms. The van der Waals surface area contributed by atoms with Crippen LogP contribution in [0.4, 0.5) is 4.39 Å². The van der Waals surface area contributed by atoms with E-state index in [9.17, 15) is 9.18 Å². The van der Waals surface area contributed by atoms with Gasteiger partial charge in [0.15, 0.2) is 0 Å². The van der Waals surface area contributed by atoms with E-state index in [0.717, 1.165) is 50.9 Å². The average molecular weight is 397 g/mol. The van der Waals surface area contributed by atoms with Crippen LogP contribution in [0.2, 0.25) is 0 Å². The zero-order valence-electron chi connectivity index (χ0n) is 16.9. The highest BCUT2D eigenvalue weighted by molar-refractivity contribution is 5.78. The summed E-state index contributed by atoms with van der Waals surface area (Å²) >= 11 is 0. The molecule has 0 aliphatic carbocycles. The lowest BCUT2D eigenvalue weighted by molar-refractivity contribution is -0.165. The Balaban J connectivity index is 1.36. The van der Waals surface area contributed by atoms with Crippen LogP contribution in [0.1, 0.15) is 30.4 Å². The van der Waals surface area contributed by atoms with Crippen LogP contribution >= 0.6 is 0 Å². The van der Waals surface area contributed by atoms with Crippen molar-refractivity contribution in [1.82, 2.24) is 9.80 Å². The molecule has 0 saturated carbocycles. The molecule has 2 fully saturated rings. The van der Waals surface area contributed by atoms with Gasteiger partial charge in [0.25, 0.3) is 0 Å². The summed E-state index contributed by atoms with van der Waals surface area (Å²) in [5.41, 5.74) is 1.72. The van der Waals surface area contributed by atoms with Crippen molar-refractivity contribution in [3.63, 3.8) is 0 Å². The predicted octanol–water partition coefficient (Wildman–Crippen LogP) is 3.65. The van der Waals surface area contributed by atoms with Gasteiger partial charge in [0, 0.05) is 31.7 Å². The molecule has 2 saturated heterocycles. The van der Waals surface area contributed by atoms with Crippen molar-refractivity contribution in [2.45, 2.75) is 37.8 Å². The minimum atomic E-state index is -0.269. The van der Waals surface area contributed by atoms with Crippen LogP contribution in [0.5, 0.6) is 0 Å². The molecule has 4 nitrogen and oxygen atoms in total. The topological polar surface area (TPSA) is 32.8 Å². The third-order valence-electron chi connectivity index (χ3n) is 6.19. The third kappa shape index (κ3) is 5.03. The van der Waals surface area contributed by atoms with Gasteiger partial charge in [-0.1, -0.05) is 48.5 Å². The van der Waals surface area contributed by atoms with E-state index in [-0.39, 0.29) is 23.9 Å². The number of carbonyl (C=O) groups is 1. The second-order valence-corrected chi connectivity index (χ2v) is 8.24. The minimum Gasteiger partial charge on any atom is -0.363 e. The zero-order valence-corrected chi connectivity index (χ0v) is 16.9. The Morgan fingerprint density at radius 1 is 1.00 bits per heavy atom. The summed E-state index contributed by atoms with van der Waals surface area (Å²) in [6.07, 6.45) is 3.67. The van der Waals surface area contributed by atoms with E-state index in [1.54, 1.807) is 6.07 Å². The molecule has 1 amide bonds. The summed E-state index contributed by atoms with van der Waals surface area (Å²) in [4.78, 5) is 16.7. The number of rotatable bonds is 5. The number of hydrogen-bond acceptors (Lipinski definition) is 3. The molecule has 2 aliphatic heterocycles. The SMILES string of the molecule is O=C1CO[C@@]2(CCCN(Cc3ccccc3F)CC2)CN1CCc1ccccc1. The zero-order chi connectivity index (χ0) is 20.1. The van der Waals surface area contributed by atoms with E-state index in [4.69, 9.17) is 4.74 Å². The summed E-state index contributed by atoms with van der Waals surface area (Å²) in [5.74, 6) is -0.0583. The molecule has 154 valence electrons. The van der Waals surface area contributed by atoms with Gasteiger partial charge in [-0.2, -0.15) is 0 Å². The standard InChI is InChI=1S/C24H29FN2O2/c25-22-10-5-4-9-21(22)17-26-14-6-12-24(13-16-26)19-27(23(28)18-29-24)15-11-20-7-2-1-3-8-20/h1-5,7-10H,6,11-19H2/t24-/m1/s1. The van der Waals surface area contributed by atoms with E-state index >= 15 is 0 Å². The van der Waals surface area contributed by atoms with Crippen LogP contribution in [-0.2, 0) is 22.5 Å². The fourth-order valence-corrected chi connectivity index (χ4v) is 4.45. The molecule has 0 unspecified atom stereocenters. The number of morpholine rings is 1. The summed E-state index contributed by atoms with van der Waals surface area (Å²) in [7, 11) is 0. The van der Waals surface area contributed by atoms with Gasteiger partial charge < -0.3 is 9.64 Å². The Labute approximate surface area is 172 Å². The normalized spacial score (nSPS) is 23.3. The Bertz CT molecular complexity index is 829. The van der Waals surface area contributed by atoms with E-state index in [2.05, 4.69) is 17.0 Å². The van der Waals surface area contributed by atoms with Crippen molar-refractivity contribution < 1.29 is 13.9 Å². The highest BCUT2D eigenvalue weighted by Gasteiger charge is 2.40. The second-order valence-electron chi connectivity index (χ2n) is 8.24. The molecular weight excluding hydrogens is 367 g/mol. The molecule has 2 heterocycles. The number of likely N-dealkylation sites (tertiary alicyclic amines) is 1. The van der Waals surface area contributed by atoms with Crippen LogP contribution in [0.25, 0.3) is 0 Å². The van der Waals surface area contributed by atoms with E-state index in [1.807, 2.05) is 35.2 Å². The Kier molecular flexibility index (Phi) is 6.26. The van der Waals surface area contributed by atoms with Crippen molar-refractivity contribution in [2.75, 3.05) is 32.8 Å². The molecule has 0 aromatic heterocycles. The molecule has 5 heteroatoms. The molecule has 2 aliphatic rings. The maximum Gasteiger partial charge on any atom is 0.248 e. The first-order valence-corrected chi connectivity index (χ1v) is 10.6. The number of benzene rings is 2. The number of nitrogens with zero attached hydrogens (tertiary/aromatic N) is 2. The van der Waals surface area contributed by atoms with E-state index in [1.165, 1.54) is 11.6 Å². The predicted molar refractivity (Wildman–Crippen MR) is 111 cm³/mol. The van der Waals surface area contributed by atoms with Gasteiger partial charge in [-0.15, -0.1) is 0 Å². The largest absolute Gasteiger partial charge is 0.363 e. The molecule has 0 N–H and O–H groups in total. The van der Waals surface area contributed by atoms with E-state index < -0.39 is 0 Å². The van der Waals surface area contributed by atoms with Crippen LogP contribution in [0, 0.1) is 5.82 Å². The first-order chi connectivity index (χ1) is 14.1. The number of halogens is 1. The van der Waals surface area contributed by atoms with Crippen molar-refractivity contribution >= 4 is 5.91 Å². The highest BCUT2D eigenvalue weighted by atomic mass is 19.1. The number of carbonyl (C=O) groups excluding carboxylic acids is 1. The summed E-state index contributed by atoms with van der Waals surface area (Å²) < 4.78 is 20.1. The first-order valence-electron chi connectivity index (χ1n) is 10.6. The van der Waals surface area contributed by atoms with Crippen LogP contribution in [0.3, 0.4) is 0 Å². The van der Waals surface area contributed by atoms with Crippen molar-refractivity contribution in [3.05, 3.63) is 71.5 Å². The summed E-state index contributed by atoms with van der Waals surface area (Å²) in [6.45, 7) is 3.97. The minimum absolute atomic E-state index is 0.0824. The lowest BCUT2D eigenvalue weighted by Gasteiger charge is -2.42. The second kappa shape index (κ2) is 9.06. The number of hydrogen-bond donors (Lipinski definition) is 0. The first kappa shape index (κ1) is 20.0. The van der Waals surface area contributed by atoms with Crippen molar-refractivity contribution in [1.29, 1.82) is 0 Å². The fourth-order valence-electron chi connectivity index (χ4n) is 4.45. The molecule has 2 aromatic carbocycles. The lowest BCUT2D eigenvalue weighted by atomic mass is 9.92. The summed E-state index contributed by atoms with van der Waals surface area (Å²) in [5, 5.41) is 0. The average Bonchev–Trinajstić information content (AvgIpc) is 2.94. The van der Waals surface area contributed by atoms with Gasteiger partial charge in [-0.05, 0) is 43.9 Å². The van der Waals surface area contributed by atoms with Crippen molar-refractivity contribution in [3.8, 4) is 0 Å². The molecule has 0 radical (unpaired) electrons. The van der Waals surface area contributed by atoms with Crippen molar-refractivity contribution in [2.24, 2.45) is 0 Å². The molecule has 4 rings (SSSR count). The molecule has 1 spiro atoms. The van der Waals surface area contributed by atoms with Crippen LogP contribution in [-0.4, -0.2) is 54.1 Å². The molecule has 2 aromatic rings. The van der Waals surface area contributed by atoms with Gasteiger partial charge in [0.05, 0.1) is 5.60 Å². The van der Waals surface area contributed by atoms with E-state index in [0.29, 0.717) is 13.1 Å². The smallest absolute Gasteiger partial charge is 0.248 e. The summed E-state index contributed by atoms with van der Waals surface area (Å²) in [6, 6.07) is 17.3. The molecule has 1 atom stereocenters. The maximum atomic E-state index is 14.0. The maximum absolute atomic E-state index is 14.0. The van der Waals surface area contributed by atoms with Gasteiger partial charge >= 0.3 is 0 Å². The van der Waals surface area contributed by atoms with Gasteiger partial charge in [-0.25, -0.2) is 4.39 Å². The Morgan fingerprint density at radius 2 is 1.79 bits per heavy atom. The molecule has 29 heavy (non-hydrogen) atoms. The number of ether oxygens (including phenoxy) is 1. The fraction of sp³-hybridized carbons (Fsp3) is 0.458. The van der Waals surface area contributed by atoms with Gasteiger partial charge in [-0.3, -0.25) is 9.69 Å². The van der Waals surface area contributed by atoms with Gasteiger partial charge in [0.1, 0.15) is 12.4 Å². The van der Waals surface area contributed by atoms with Crippen LogP contribution in [0.15, 0.2) is 54.6 Å². The van der Waals surface area contributed by atoms with Crippen LogP contribution < -0.4 is 0 Å². The third-order valence-corrected chi connectivity index (χ3v) is 6.19. The van der Waals surface area contributed by atoms with Gasteiger partial charge in [0.2, 0.25) is 5.91 Å². The number of amides is 1. The Hall–Kier alpha value is -2.24.